The first-order valence-electron chi connectivity index (χ1n) is 5.93. The maximum absolute atomic E-state index is 9.54. The number of aliphatic hydroxyl groups excluding tert-OH is 1. The highest BCUT2D eigenvalue weighted by atomic mass is 16.3. The molecule has 3 nitrogen and oxygen atoms in total. The van der Waals surface area contributed by atoms with Gasteiger partial charge in [0.2, 0.25) is 0 Å². The first-order chi connectivity index (χ1) is 7.54. The van der Waals surface area contributed by atoms with E-state index in [1.54, 1.807) is 13.1 Å². The van der Waals surface area contributed by atoms with Crippen LogP contribution in [-0.2, 0) is 0 Å². The highest BCUT2D eigenvalue weighted by Gasteiger charge is 2.09. The van der Waals surface area contributed by atoms with Crippen molar-refractivity contribution in [2.24, 2.45) is 5.92 Å². The van der Waals surface area contributed by atoms with Crippen molar-refractivity contribution < 1.29 is 5.11 Å². The molecule has 1 N–H and O–H groups in total. The molecule has 1 aromatic heterocycles. The second-order valence-corrected chi connectivity index (χ2v) is 4.56. The summed E-state index contributed by atoms with van der Waals surface area (Å²) in [5.41, 5.74) is 0.923. The zero-order valence-corrected chi connectivity index (χ0v) is 10.6. The number of hydrogen-bond acceptors (Lipinski definition) is 3. The maximum Gasteiger partial charge on any atom is 0.128 e. The molecule has 0 aliphatic carbocycles. The fourth-order valence-electron chi connectivity index (χ4n) is 1.69. The minimum atomic E-state index is -0.431. The molecule has 0 radical (unpaired) electrons. The lowest BCUT2D eigenvalue weighted by atomic mass is 10.1. The Hall–Kier alpha value is -1.09. The van der Waals surface area contributed by atoms with Crippen molar-refractivity contribution in [3.8, 4) is 0 Å². The number of aliphatic hydroxyl groups is 1. The van der Waals surface area contributed by atoms with Gasteiger partial charge in [-0.1, -0.05) is 13.8 Å². The van der Waals surface area contributed by atoms with Gasteiger partial charge < -0.3 is 10.0 Å². The van der Waals surface area contributed by atoms with Crippen molar-refractivity contribution >= 4 is 5.82 Å². The predicted octanol–water partition coefficient (Wildman–Crippen LogP) is 2.62. The lowest BCUT2D eigenvalue weighted by Gasteiger charge is -2.24. The van der Waals surface area contributed by atoms with E-state index in [-0.39, 0.29) is 0 Å². The van der Waals surface area contributed by atoms with Crippen LogP contribution in [-0.4, -0.2) is 23.2 Å². The summed E-state index contributed by atoms with van der Waals surface area (Å²) < 4.78 is 0. The van der Waals surface area contributed by atoms with Crippen LogP contribution in [0.2, 0.25) is 0 Å². The highest BCUT2D eigenvalue weighted by molar-refractivity contribution is 5.41. The van der Waals surface area contributed by atoms with Gasteiger partial charge >= 0.3 is 0 Å². The smallest absolute Gasteiger partial charge is 0.128 e. The zero-order valence-electron chi connectivity index (χ0n) is 10.6. The van der Waals surface area contributed by atoms with E-state index in [1.807, 2.05) is 12.1 Å². The Labute approximate surface area is 98.1 Å². The Morgan fingerprint density at radius 3 is 2.56 bits per heavy atom. The third kappa shape index (κ3) is 3.49. The van der Waals surface area contributed by atoms with E-state index in [0.29, 0.717) is 5.92 Å². The SMILES string of the molecule is CCN(CC(C)C)c1cc([C@@H](C)O)ccn1. The monoisotopic (exact) mass is 222 g/mol. The summed E-state index contributed by atoms with van der Waals surface area (Å²) in [6, 6.07) is 3.83. The van der Waals surface area contributed by atoms with Crippen LogP contribution in [0.3, 0.4) is 0 Å². The lowest BCUT2D eigenvalue weighted by molar-refractivity contribution is 0.199. The molecule has 3 heteroatoms. The van der Waals surface area contributed by atoms with E-state index >= 15 is 0 Å². The van der Waals surface area contributed by atoms with Gasteiger partial charge in [0.15, 0.2) is 0 Å². The molecule has 0 aromatic carbocycles. The molecule has 0 unspecified atom stereocenters. The Bertz CT molecular complexity index is 323. The van der Waals surface area contributed by atoms with Crippen molar-refractivity contribution in [2.75, 3.05) is 18.0 Å². The number of nitrogens with zero attached hydrogens (tertiary/aromatic N) is 2. The van der Waals surface area contributed by atoms with E-state index in [4.69, 9.17) is 0 Å². The molecule has 0 amide bonds. The summed E-state index contributed by atoms with van der Waals surface area (Å²) in [6.07, 6.45) is 1.33. The molecule has 0 aliphatic rings. The third-order valence-corrected chi connectivity index (χ3v) is 2.54. The maximum atomic E-state index is 9.54. The number of hydrogen-bond donors (Lipinski definition) is 1. The molecule has 16 heavy (non-hydrogen) atoms. The predicted molar refractivity (Wildman–Crippen MR) is 67.6 cm³/mol. The molecule has 1 rings (SSSR count). The van der Waals surface area contributed by atoms with Gasteiger partial charge in [-0.3, -0.25) is 0 Å². The summed E-state index contributed by atoms with van der Waals surface area (Å²) in [5, 5.41) is 9.54. The van der Waals surface area contributed by atoms with Gasteiger partial charge in [0, 0.05) is 19.3 Å². The lowest BCUT2D eigenvalue weighted by Crippen LogP contribution is -2.28. The summed E-state index contributed by atoms with van der Waals surface area (Å²) >= 11 is 0. The second-order valence-electron chi connectivity index (χ2n) is 4.56. The van der Waals surface area contributed by atoms with Crippen LogP contribution in [0.25, 0.3) is 0 Å². The average Bonchev–Trinajstić information content (AvgIpc) is 2.25. The summed E-state index contributed by atoms with van der Waals surface area (Å²) in [5.74, 6) is 1.56. The van der Waals surface area contributed by atoms with Crippen molar-refractivity contribution in [2.45, 2.75) is 33.8 Å². The fourth-order valence-corrected chi connectivity index (χ4v) is 1.69. The summed E-state index contributed by atoms with van der Waals surface area (Å²) in [4.78, 5) is 6.59. The van der Waals surface area contributed by atoms with Crippen molar-refractivity contribution in [1.82, 2.24) is 4.98 Å². The topological polar surface area (TPSA) is 36.4 Å². The van der Waals surface area contributed by atoms with Crippen LogP contribution in [0.5, 0.6) is 0 Å². The molecule has 0 saturated heterocycles. The standard InChI is InChI=1S/C13H22N2O/c1-5-15(9-10(2)3)13-8-12(11(4)16)6-7-14-13/h6-8,10-11,16H,5,9H2,1-4H3/t11-/m1/s1. The Kier molecular flexibility index (Phi) is 4.74. The summed E-state index contributed by atoms with van der Waals surface area (Å²) in [6.45, 7) is 10.2. The molecule has 1 heterocycles. The number of anilines is 1. The van der Waals surface area contributed by atoms with Crippen molar-refractivity contribution in [3.63, 3.8) is 0 Å². The minimum absolute atomic E-state index is 0.431. The van der Waals surface area contributed by atoms with E-state index in [9.17, 15) is 5.11 Å². The van der Waals surface area contributed by atoms with Gasteiger partial charge in [0.1, 0.15) is 5.82 Å². The Balaban J connectivity index is 2.87. The van der Waals surface area contributed by atoms with E-state index < -0.39 is 6.10 Å². The van der Waals surface area contributed by atoms with Crippen LogP contribution in [0.1, 0.15) is 39.4 Å². The van der Waals surface area contributed by atoms with Crippen LogP contribution >= 0.6 is 0 Å². The van der Waals surface area contributed by atoms with E-state index in [0.717, 1.165) is 24.5 Å². The van der Waals surface area contributed by atoms with Crippen LogP contribution < -0.4 is 4.90 Å². The van der Waals surface area contributed by atoms with E-state index in [1.165, 1.54) is 0 Å². The van der Waals surface area contributed by atoms with Crippen molar-refractivity contribution in [3.05, 3.63) is 23.9 Å². The third-order valence-electron chi connectivity index (χ3n) is 2.54. The minimum Gasteiger partial charge on any atom is -0.389 e. The Morgan fingerprint density at radius 1 is 1.38 bits per heavy atom. The molecule has 90 valence electrons. The van der Waals surface area contributed by atoms with Gasteiger partial charge in [-0.25, -0.2) is 4.98 Å². The quantitative estimate of drug-likeness (QED) is 0.832. The van der Waals surface area contributed by atoms with Gasteiger partial charge in [-0.2, -0.15) is 0 Å². The molecule has 0 spiro atoms. The molecule has 1 aromatic rings. The van der Waals surface area contributed by atoms with Gasteiger partial charge in [-0.15, -0.1) is 0 Å². The Morgan fingerprint density at radius 2 is 2.06 bits per heavy atom. The first kappa shape index (κ1) is 13.0. The van der Waals surface area contributed by atoms with Crippen LogP contribution in [0.15, 0.2) is 18.3 Å². The molecule has 0 fully saturated rings. The van der Waals surface area contributed by atoms with Gasteiger partial charge in [-0.05, 0) is 37.5 Å². The highest BCUT2D eigenvalue weighted by Crippen LogP contribution is 2.18. The largest absolute Gasteiger partial charge is 0.389 e. The van der Waals surface area contributed by atoms with Crippen LogP contribution in [0, 0.1) is 5.92 Å². The molecular weight excluding hydrogens is 200 g/mol. The molecule has 0 bridgehead atoms. The molecule has 0 saturated carbocycles. The van der Waals surface area contributed by atoms with Crippen LogP contribution in [0.4, 0.5) is 5.82 Å². The van der Waals surface area contributed by atoms with Gasteiger partial charge in [0.05, 0.1) is 6.10 Å². The summed E-state index contributed by atoms with van der Waals surface area (Å²) in [7, 11) is 0. The first-order valence-corrected chi connectivity index (χ1v) is 5.93. The number of rotatable bonds is 5. The molecule has 1 atom stereocenters. The zero-order chi connectivity index (χ0) is 12.1. The van der Waals surface area contributed by atoms with Crippen molar-refractivity contribution in [1.29, 1.82) is 0 Å². The van der Waals surface area contributed by atoms with Gasteiger partial charge in [0.25, 0.3) is 0 Å². The second kappa shape index (κ2) is 5.85. The number of pyridine rings is 1. The fraction of sp³-hybridized carbons (Fsp3) is 0.615. The molecular formula is C13H22N2O. The normalized spacial score (nSPS) is 12.9. The number of aromatic nitrogens is 1. The molecule has 0 aliphatic heterocycles. The van der Waals surface area contributed by atoms with E-state index in [2.05, 4.69) is 30.7 Å². The average molecular weight is 222 g/mol.